The van der Waals surface area contributed by atoms with Crippen LogP contribution in [-0.4, -0.2) is 10.9 Å². The summed E-state index contributed by atoms with van der Waals surface area (Å²) in [6.07, 6.45) is 0. The normalized spacial score (nSPS) is 11.6. The lowest BCUT2D eigenvalue weighted by molar-refractivity contribution is 0.0940. The average Bonchev–Trinajstić information content (AvgIpc) is 2.85. The first-order chi connectivity index (χ1) is 9.10. The molecule has 108 valence electrons. The molecular weight excluding hydrogens is 294 g/mol. The van der Waals surface area contributed by atoms with E-state index >= 15 is 0 Å². The summed E-state index contributed by atoms with van der Waals surface area (Å²) in [5, 5.41) is 5.84. The molecule has 6 heteroatoms. The number of carbonyl (C=O) groups is 1. The van der Waals surface area contributed by atoms with Crippen LogP contribution < -0.4 is 11.1 Å². The van der Waals surface area contributed by atoms with Crippen LogP contribution in [0.25, 0.3) is 0 Å². The maximum atomic E-state index is 12.1. The topological polar surface area (TPSA) is 68.0 Å². The van der Waals surface area contributed by atoms with Crippen molar-refractivity contribution in [1.29, 1.82) is 0 Å². The van der Waals surface area contributed by atoms with Crippen LogP contribution in [0.1, 0.15) is 39.6 Å². The lowest BCUT2D eigenvalue weighted by atomic mass is 10.1. The van der Waals surface area contributed by atoms with E-state index in [2.05, 4.69) is 10.3 Å². The smallest absolute Gasteiger partial charge is 0.251 e. The van der Waals surface area contributed by atoms with Crippen molar-refractivity contribution in [2.45, 2.75) is 26.4 Å². The van der Waals surface area contributed by atoms with Crippen LogP contribution in [0.2, 0.25) is 0 Å². The molecule has 0 spiro atoms. The number of nitrogens with zero attached hydrogens (tertiary/aromatic N) is 1. The number of aromatic nitrogens is 1. The second kappa shape index (κ2) is 7.38. The molecule has 0 saturated heterocycles. The van der Waals surface area contributed by atoms with Crippen LogP contribution in [0.5, 0.6) is 0 Å². The van der Waals surface area contributed by atoms with Crippen molar-refractivity contribution < 1.29 is 4.79 Å². The molecule has 0 aliphatic rings. The summed E-state index contributed by atoms with van der Waals surface area (Å²) in [5.74, 6) is -0.0936. The Morgan fingerprint density at radius 1 is 1.40 bits per heavy atom. The van der Waals surface area contributed by atoms with Crippen molar-refractivity contribution in [3.05, 3.63) is 51.5 Å². The third-order valence-corrected chi connectivity index (χ3v) is 3.95. The molecule has 0 aliphatic carbocycles. The highest BCUT2D eigenvalue weighted by Gasteiger charge is 2.13. The van der Waals surface area contributed by atoms with Crippen LogP contribution in [0.4, 0.5) is 0 Å². The molecule has 20 heavy (non-hydrogen) atoms. The third-order valence-electron chi connectivity index (χ3n) is 2.81. The Bertz CT molecular complexity index is 568. The number of nitrogens with one attached hydrogen (secondary N) is 1. The highest BCUT2D eigenvalue weighted by molar-refractivity contribution is 7.09. The minimum atomic E-state index is -0.0936. The number of halogens is 1. The molecule has 1 amide bonds. The zero-order valence-electron chi connectivity index (χ0n) is 11.4. The number of hydrogen-bond donors (Lipinski definition) is 2. The van der Waals surface area contributed by atoms with E-state index in [0.29, 0.717) is 12.1 Å². The van der Waals surface area contributed by atoms with Crippen LogP contribution in [0.3, 0.4) is 0 Å². The first kappa shape index (κ1) is 16.6. The van der Waals surface area contributed by atoms with Gasteiger partial charge in [0, 0.05) is 23.2 Å². The van der Waals surface area contributed by atoms with Crippen LogP contribution in [-0.2, 0) is 6.54 Å². The van der Waals surface area contributed by atoms with E-state index in [1.807, 2.05) is 31.4 Å². The Balaban J connectivity index is 0.00000200. The van der Waals surface area contributed by atoms with Gasteiger partial charge in [-0.1, -0.05) is 12.1 Å². The summed E-state index contributed by atoms with van der Waals surface area (Å²) in [6.45, 7) is 4.36. The molecule has 0 aliphatic heterocycles. The van der Waals surface area contributed by atoms with E-state index < -0.39 is 0 Å². The van der Waals surface area contributed by atoms with E-state index in [0.717, 1.165) is 16.3 Å². The fourth-order valence-corrected chi connectivity index (χ4v) is 2.51. The first-order valence-electron chi connectivity index (χ1n) is 6.12. The largest absolute Gasteiger partial charge is 0.343 e. The Labute approximate surface area is 128 Å². The van der Waals surface area contributed by atoms with Crippen molar-refractivity contribution in [2.24, 2.45) is 5.73 Å². The molecular formula is C14H18ClN3OS. The highest BCUT2D eigenvalue weighted by Crippen LogP contribution is 2.18. The van der Waals surface area contributed by atoms with E-state index in [4.69, 9.17) is 5.73 Å². The zero-order valence-corrected chi connectivity index (χ0v) is 13.1. The third kappa shape index (κ3) is 4.03. The average molecular weight is 312 g/mol. The number of rotatable bonds is 4. The molecule has 0 fully saturated rings. The molecule has 3 N–H and O–H groups in total. The predicted molar refractivity (Wildman–Crippen MR) is 84.3 cm³/mol. The van der Waals surface area contributed by atoms with E-state index in [1.54, 1.807) is 23.5 Å². The Morgan fingerprint density at radius 3 is 2.55 bits per heavy atom. The molecule has 1 aromatic heterocycles. The number of amides is 1. The SMILES string of the molecule is Cc1csc(C(C)NC(=O)c2ccc(CN)cc2)n1.Cl. The second-order valence-electron chi connectivity index (χ2n) is 4.42. The number of benzene rings is 1. The summed E-state index contributed by atoms with van der Waals surface area (Å²) in [7, 11) is 0. The van der Waals surface area contributed by atoms with Crippen LogP contribution in [0, 0.1) is 6.92 Å². The number of carbonyl (C=O) groups excluding carboxylic acids is 1. The fourth-order valence-electron chi connectivity index (χ4n) is 1.70. The van der Waals surface area contributed by atoms with Crippen LogP contribution in [0.15, 0.2) is 29.6 Å². The summed E-state index contributed by atoms with van der Waals surface area (Å²) in [5.41, 5.74) is 8.16. The Morgan fingerprint density at radius 2 is 2.05 bits per heavy atom. The number of hydrogen-bond acceptors (Lipinski definition) is 4. The first-order valence-corrected chi connectivity index (χ1v) is 7.00. The van der Waals surface area contributed by atoms with Gasteiger partial charge in [-0.25, -0.2) is 4.98 Å². The summed E-state index contributed by atoms with van der Waals surface area (Å²) >= 11 is 1.56. The van der Waals surface area contributed by atoms with Gasteiger partial charge in [0.05, 0.1) is 6.04 Å². The van der Waals surface area contributed by atoms with Gasteiger partial charge in [-0.2, -0.15) is 0 Å². The van der Waals surface area contributed by atoms with Gasteiger partial charge in [0.1, 0.15) is 5.01 Å². The molecule has 1 unspecified atom stereocenters. The van der Waals surface area contributed by atoms with Crippen molar-refractivity contribution in [3.63, 3.8) is 0 Å². The summed E-state index contributed by atoms with van der Waals surface area (Å²) in [6, 6.07) is 7.23. The van der Waals surface area contributed by atoms with Gasteiger partial charge in [0.15, 0.2) is 0 Å². The maximum Gasteiger partial charge on any atom is 0.251 e. The van der Waals surface area contributed by atoms with Gasteiger partial charge in [-0.15, -0.1) is 23.7 Å². The van der Waals surface area contributed by atoms with Crippen LogP contribution >= 0.6 is 23.7 Å². The van der Waals surface area contributed by atoms with Gasteiger partial charge in [-0.05, 0) is 31.5 Å². The molecule has 0 bridgehead atoms. The van der Waals surface area contributed by atoms with Crippen molar-refractivity contribution >= 4 is 29.7 Å². The number of thiazole rings is 1. The minimum Gasteiger partial charge on any atom is -0.343 e. The lowest BCUT2D eigenvalue weighted by Gasteiger charge is -2.11. The quantitative estimate of drug-likeness (QED) is 0.912. The van der Waals surface area contributed by atoms with Crippen molar-refractivity contribution in [3.8, 4) is 0 Å². The van der Waals surface area contributed by atoms with E-state index in [1.165, 1.54) is 0 Å². The molecule has 2 aromatic rings. The molecule has 1 heterocycles. The minimum absolute atomic E-state index is 0. The van der Waals surface area contributed by atoms with Gasteiger partial charge >= 0.3 is 0 Å². The van der Waals surface area contributed by atoms with E-state index in [9.17, 15) is 4.79 Å². The van der Waals surface area contributed by atoms with Gasteiger partial charge in [0.25, 0.3) is 5.91 Å². The number of nitrogens with two attached hydrogens (primary N) is 1. The predicted octanol–water partition coefficient (Wildman–Crippen LogP) is 2.82. The standard InChI is InChI=1S/C14H17N3OS.ClH/c1-9-8-19-14(16-9)10(2)17-13(18)12-5-3-11(7-15)4-6-12;/h3-6,8,10H,7,15H2,1-2H3,(H,17,18);1H. The van der Waals surface area contributed by atoms with E-state index in [-0.39, 0.29) is 24.4 Å². The molecule has 0 radical (unpaired) electrons. The molecule has 4 nitrogen and oxygen atoms in total. The molecule has 0 saturated carbocycles. The van der Waals surface area contributed by atoms with Gasteiger partial charge in [0.2, 0.25) is 0 Å². The molecule has 2 rings (SSSR count). The van der Waals surface area contributed by atoms with Crippen molar-refractivity contribution in [1.82, 2.24) is 10.3 Å². The zero-order chi connectivity index (χ0) is 13.8. The molecule has 1 aromatic carbocycles. The summed E-state index contributed by atoms with van der Waals surface area (Å²) in [4.78, 5) is 16.4. The fraction of sp³-hybridized carbons (Fsp3) is 0.286. The Hall–Kier alpha value is -1.43. The Kier molecular flexibility index (Phi) is 6.13. The van der Waals surface area contributed by atoms with Crippen molar-refractivity contribution in [2.75, 3.05) is 0 Å². The maximum absolute atomic E-state index is 12.1. The summed E-state index contributed by atoms with van der Waals surface area (Å²) < 4.78 is 0. The molecule has 1 atom stereocenters. The van der Waals surface area contributed by atoms with Gasteiger partial charge < -0.3 is 11.1 Å². The second-order valence-corrected chi connectivity index (χ2v) is 5.31. The van der Waals surface area contributed by atoms with Gasteiger partial charge in [-0.3, -0.25) is 4.79 Å². The lowest BCUT2D eigenvalue weighted by Crippen LogP contribution is -2.26. The monoisotopic (exact) mass is 311 g/mol. The highest BCUT2D eigenvalue weighted by atomic mass is 35.5. The number of aryl methyl sites for hydroxylation is 1.